The van der Waals surface area contributed by atoms with Crippen molar-refractivity contribution in [3.05, 3.63) is 78.1 Å². The van der Waals surface area contributed by atoms with E-state index >= 15 is 0 Å². The third-order valence-electron chi connectivity index (χ3n) is 7.65. The largest absolute Gasteiger partial charge is 0.344 e. The molecule has 1 aliphatic carbocycles. The number of aromatic nitrogens is 5. The molecule has 2 aromatic carbocycles. The van der Waals surface area contributed by atoms with Crippen LogP contribution in [0.2, 0.25) is 0 Å². The summed E-state index contributed by atoms with van der Waals surface area (Å²) in [6.07, 6.45) is 7.41. The summed E-state index contributed by atoms with van der Waals surface area (Å²) in [5.41, 5.74) is 11.4. The first-order valence-electron chi connectivity index (χ1n) is 13.7. The third kappa shape index (κ3) is 6.58. The molecular weight excluding hydrogens is 504 g/mol. The average molecular weight is 539 g/mol. The highest BCUT2D eigenvalue weighted by Crippen LogP contribution is 2.29. The van der Waals surface area contributed by atoms with Crippen molar-refractivity contribution in [3.63, 3.8) is 0 Å². The first-order valence-corrected chi connectivity index (χ1v) is 13.7. The Labute approximate surface area is 233 Å². The second kappa shape index (κ2) is 12.6. The van der Waals surface area contributed by atoms with E-state index in [2.05, 4.69) is 42.3 Å². The Morgan fingerprint density at radius 1 is 1.05 bits per heavy atom. The minimum absolute atomic E-state index is 0.0788. The predicted molar refractivity (Wildman–Crippen MR) is 153 cm³/mol. The van der Waals surface area contributed by atoms with Crippen molar-refractivity contribution < 1.29 is 9.59 Å². The fourth-order valence-corrected chi connectivity index (χ4v) is 5.28. The van der Waals surface area contributed by atoms with Crippen LogP contribution in [0.25, 0.3) is 22.5 Å². The van der Waals surface area contributed by atoms with Crippen molar-refractivity contribution >= 4 is 17.5 Å². The molecule has 10 nitrogen and oxygen atoms in total. The number of carbonyl (C=O) groups excluding carboxylic acids is 2. The molecule has 40 heavy (non-hydrogen) atoms. The molecule has 5 rings (SSSR count). The maximum Gasteiger partial charge on any atom is 0.247 e. The molecule has 1 aliphatic rings. The number of nitrogens with two attached hydrogens (primary N) is 1. The van der Waals surface area contributed by atoms with Gasteiger partial charge in [0, 0.05) is 36.0 Å². The predicted octanol–water partition coefficient (Wildman–Crippen LogP) is 3.67. The smallest absolute Gasteiger partial charge is 0.247 e. The van der Waals surface area contributed by atoms with Gasteiger partial charge in [-0.2, -0.15) is 0 Å². The number of aromatic amines is 1. The molecule has 2 heterocycles. The summed E-state index contributed by atoms with van der Waals surface area (Å²) in [5.74, 6) is 0.544. The molecule has 0 saturated heterocycles. The first-order chi connectivity index (χ1) is 19.5. The number of rotatable bonds is 9. The molecule has 0 spiro atoms. The number of H-pyrrole nitrogens is 1. The number of hydrogen-bond acceptors (Lipinski definition) is 7. The van der Waals surface area contributed by atoms with Gasteiger partial charge in [-0.15, -0.1) is 5.10 Å². The van der Waals surface area contributed by atoms with Gasteiger partial charge in [0.05, 0.1) is 0 Å². The van der Waals surface area contributed by atoms with Gasteiger partial charge in [0.15, 0.2) is 5.82 Å². The van der Waals surface area contributed by atoms with Crippen molar-refractivity contribution in [2.24, 2.45) is 17.6 Å². The number of pyridine rings is 1. The van der Waals surface area contributed by atoms with E-state index in [9.17, 15) is 9.59 Å². The van der Waals surface area contributed by atoms with E-state index in [1.807, 2.05) is 49.5 Å². The summed E-state index contributed by atoms with van der Waals surface area (Å²) in [7, 11) is 0. The lowest BCUT2D eigenvalue weighted by atomic mass is 9.81. The molecular formula is C30H34N8O2. The number of nitrogens with zero attached hydrogens (tertiary/aromatic N) is 4. The van der Waals surface area contributed by atoms with Crippen LogP contribution in [-0.2, 0) is 16.0 Å². The monoisotopic (exact) mass is 538 g/mol. The van der Waals surface area contributed by atoms with Crippen molar-refractivity contribution in [1.29, 1.82) is 0 Å². The molecule has 4 aromatic rings. The van der Waals surface area contributed by atoms with Gasteiger partial charge in [-0.05, 0) is 108 Å². The lowest BCUT2D eigenvalue weighted by Gasteiger charge is -2.28. The highest BCUT2D eigenvalue weighted by atomic mass is 16.2. The molecule has 1 atom stereocenters. The molecule has 2 aromatic heterocycles. The van der Waals surface area contributed by atoms with Gasteiger partial charge >= 0.3 is 0 Å². The normalized spacial score (nSPS) is 17.6. The highest BCUT2D eigenvalue weighted by molar-refractivity contribution is 5.97. The zero-order valence-electron chi connectivity index (χ0n) is 22.5. The van der Waals surface area contributed by atoms with E-state index in [1.165, 1.54) is 0 Å². The Hall–Kier alpha value is -4.44. The van der Waals surface area contributed by atoms with E-state index < -0.39 is 6.04 Å². The number of aryl methyl sites for hydroxylation is 1. The lowest BCUT2D eigenvalue weighted by Crippen LogP contribution is -2.48. The van der Waals surface area contributed by atoms with Gasteiger partial charge in [0.25, 0.3) is 0 Å². The summed E-state index contributed by atoms with van der Waals surface area (Å²) in [5, 5.41) is 19.9. The summed E-state index contributed by atoms with van der Waals surface area (Å²) >= 11 is 0. The number of hydrogen-bond donors (Lipinski definition) is 4. The topological polar surface area (TPSA) is 152 Å². The molecule has 5 N–H and O–H groups in total. The number of tetrazole rings is 1. The van der Waals surface area contributed by atoms with Crippen molar-refractivity contribution in [2.75, 3.05) is 11.9 Å². The summed E-state index contributed by atoms with van der Waals surface area (Å²) < 4.78 is 0. The molecule has 10 heteroatoms. The van der Waals surface area contributed by atoms with Crippen molar-refractivity contribution in [3.8, 4) is 22.5 Å². The van der Waals surface area contributed by atoms with E-state index in [-0.39, 0.29) is 17.7 Å². The van der Waals surface area contributed by atoms with Crippen LogP contribution in [0.15, 0.2) is 67.0 Å². The van der Waals surface area contributed by atoms with Crippen molar-refractivity contribution in [2.45, 2.75) is 45.1 Å². The molecule has 0 bridgehead atoms. The van der Waals surface area contributed by atoms with Gasteiger partial charge in [0.2, 0.25) is 11.8 Å². The molecule has 206 valence electrons. The second-order valence-electron chi connectivity index (χ2n) is 10.4. The molecule has 0 unspecified atom stereocenters. The fraction of sp³-hybridized carbons (Fsp3) is 0.333. The lowest BCUT2D eigenvalue weighted by molar-refractivity contribution is -0.130. The molecule has 1 fully saturated rings. The Morgan fingerprint density at radius 2 is 1.85 bits per heavy atom. The van der Waals surface area contributed by atoms with Crippen LogP contribution in [0.5, 0.6) is 0 Å². The minimum atomic E-state index is -0.744. The van der Waals surface area contributed by atoms with Gasteiger partial charge in [-0.3, -0.25) is 14.6 Å². The van der Waals surface area contributed by atoms with Crippen LogP contribution in [0, 0.1) is 18.8 Å². The van der Waals surface area contributed by atoms with Gasteiger partial charge in [-0.1, -0.05) is 24.3 Å². The molecule has 0 aliphatic heterocycles. The molecule has 0 radical (unpaired) electrons. The van der Waals surface area contributed by atoms with E-state index in [0.29, 0.717) is 30.4 Å². The van der Waals surface area contributed by atoms with E-state index in [0.717, 1.165) is 53.5 Å². The number of benzene rings is 2. The summed E-state index contributed by atoms with van der Waals surface area (Å²) in [6, 6.07) is 16.5. The fourth-order valence-electron chi connectivity index (χ4n) is 5.28. The summed E-state index contributed by atoms with van der Waals surface area (Å²) in [4.78, 5) is 31.1. The molecule has 2 amide bonds. The Kier molecular flexibility index (Phi) is 8.56. The SMILES string of the molecule is Cc1cnccc1-c1cccc(C[C@H](NC(=O)[C@H]2CC[C@H](CN)CC2)C(=O)Nc2ccc(-c3nnn[nH]3)cc2)c1. The van der Waals surface area contributed by atoms with E-state index in [4.69, 9.17) is 5.73 Å². The van der Waals surface area contributed by atoms with Crippen LogP contribution < -0.4 is 16.4 Å². The zero-order chi connectivity index (χ0) is 27.9. The maximum atomic E-state index is 13.6. The van der Waals surface area contributed by atoms with Gasteiger partial charge in [0.1, 0.15) is 6.04 Å². The first kappa shape index (κ1) is 27.1. The number of amides is 2. The molecule has 1 saturated carbocycles. The Bertz CT molecular complexity index is 1430. The van der Waals surface area contributed by atoms with Crippen LogP contribution in [0.1, 0.15) is 36.8 Å². The van der Waals surface area contributed by atoms with Crippen LogP contribution in [0.3, 0.4) is 0 Å². The quantitative estimate of drug-likeness (QED) is 0.254. The van der Waals surface area contributed by atoms with Gasteiger partial charge in [-0.25, -0.2) is 5.10 Å². The van der Waals surface area contributed by atoms with Crippen LogP contribution in [0.4, 0.5) is 5.69 Å². The van der Waals surface area contributed by atoms with Crippen LogP contribution >= 0.6 is 0 Å². The maximum absolute atomic E-state index is 13.6. The zero-order valence-corrected chi connectivity index (χ0v) is 22.5. The summed E-state index contributed by atoms with van der Waals surface area (Å²) in [6.45, 7) is 2.67. The second-order valence-corrected chi connectivity index (χ2v) is 10.4. The Morgan fingerprint density at radius 3 is 2.55 bits per heavy atom. The number of carbonyl (C=O) groups is 2. The number of anilines is 1. The average Bonchev–Trinajstić information content (AvgIpc) is 3.53. The standard InChI is InChI=1S/C30H34N8O2/c1-19-18-32-14-13-26(19)24-4-2-3-21(15-24)16-27(34-29(39)23-7-5-20(17-31)6-8-23)30(40)33-25-11-9-22(10-12-25)28-35-37-38-36-28/h2-4,9-15,18,20,23,27H,5-8,16-17,31H2,1H3,(H,33,40)(H,34,39)(H,35,36,37,38)/t20-,23-,27-/m0/s1. The van der Waals surface area contributed by atoms with Crippen LogP contribution in [-0.4, -0.2) is 50.0 Å². The third-order valence-corrected chi connectivity index (χ3v) is 7.65. The number of nitrogens with one attached hydrogen (secondary N) is 3. The van der Waals surface area contributed by atoms with Gasteiger partial charge < -0.3 is 16.4 Å². The van der Waals surface area contributed by atoms with Crippen molar-refractivity contribution in [1.82, 2.24) is 30.9 Å². The highest BCUT2D eigenvalue weighted by Gasteiger charge is 2.29. The Balaban J connectivity index is 1.34. The minimum Gasteiger partial charge on any atom is -0.344 e. The van der Waals surface area contributed by atoms with E-state index in [1.54, 1.807) is 18.3 Å².